The van der Waals surface area contributed by atoms with E-state index in [1.54, 1.807) is 6.07 Å². The number of hydrogen-bond donors (Lipinski definition) is 1. The number of hydrogen-bond acceptors (Lipinski definition) is 4. The summed E-state index contributed by atoms with van der Waals surface area (Å²) in [5.74, 6) is -0.501. The quantitative estimate of drug-likeness (QED) is 0.418. The zero-order chi connectivity index (χ0) is 24.7. The molecule has 0 aliphatic heterocycles. The monoisotopic (exact) mass is 477 g/mol. The molecule has 0 bridgehead atoms. The van der Waals surface area contributed by atoms with Crippen molar-refractivity contribution in [1.82, 2.24) is 5.43 Å². The van der Waals surface area contributed by atoms with Gasteiger partial charge in [0.15, 0.2) is 0 Å². The van der Waals surface area contributed by atoms with Crippen LogP contribution in [0.4, 0.5) is 5.69 Å². The predicted molar refractivity (Wildman–Crippen MR) is 139 cm³/mol. The van der Waals surface area contributed by atoms with E-state index in [9.17, 15) is 13.2 Å². The normalized spacial score (nSPS) is 13.9. The van der Waals surface area contributed by atoms with Crippen LogP contribution in [0.1, 0.15) is 49.9 Å². The highest BCUT2D eigenvalue weighted by atomic mass is 32.2. The summed E-state index contributed by atoms with van der Waals surface area (Å²) in [6.45, 7) is 7.91. The van der Waals surface area contributed by atoms with E-state index < -0.39 is 15.9 Å². The van der Waals surface area contributed by atoms with Gasteiger partial charge < -0.3 is 0 Å². The minimum Gasteiger partial charge on any atom is -0.271 e. The van der Waals surface area contributed by atoms with Crippen LogP contribution in [-0.2, 0) is 33.1 Å². The fraction of sp³-hybridized carbons (Fsp3) is 0.333. The van der Waals surface area contributed by atoms with Gasteiger partial charge in [-0.15, -0.1) is 0 Å². The maximum Gasteiger partial charge on any atom is 0.260 e. The number of nitrogens with zero attached hydrogens (tertiary/aromatic N) is 2. The summed E-state index contributed by atoms with van der Waals surface area (Å²) in [5, 5.41) is 6.16. The van der Waals surface area contributed by atoms with E-state index in [4.69, 9.17) is 0 Å². The van der Waals surface area contributed by atoms with Crippen LogP contribution in [0.25, 0.3) is 10.8 Å². The molecule has 3 aromatic rings. The van der Waals surface area contributed by atoms with Gasteiger partial charge in [0, 0.05) is 5.39 Å². The summed E-state index contributed by atoms with van der Waals surface area (Å²) in [5.41, 5.74) is 8.26. The van der Waals surface area contributed by atoms with Gasteiger partial charge in [-0.25, -0.2) is 13.8 Å². The fourth-order valence-electron chi connectivity index (χ4n) is 4.42. The molecule has 0 aromatic heterocycles. The van der Waals surface area contributed by atoms with Gasteiger partial charge in [0.25, 0.3) is 5.91 Å². The molecule has 34 heavy (non-hydrogen) atoms. The van der Waals surface area contributed by atoms with Gasteiger partial charge in [0.05, 0.1) is 17.7 Å². The molecule has 3 aromatic carbocycles. The van der Waals surface area contributed by atoms with Crippen molar-refractivity contribution in [3.05, 3.63) is 76.9 Å². The lowest BCUT2D eigenvalue weighted by Crippen LogP contribution is -2.39. The maximum absolute atomic E-state index is 12.8. The topological polar surface area (TPSA) is 78.8 Å². The van der Waals surface area contributed by atoms with Crippen molar-refractivity contribution in [2.75, 3.05) is 17.1 Å². The second-order valence-corrected chi connectivity index (χ2v) is 11.8. The molecule has 0 saturated heterocycles. The van der Waals surface area contributed by atoms with Crippen molar-refractivity contribution in [3.8, 4) is 0 Å². The Morgan fingerprint density at radius 2 is 1.65 bits per heavy atom. The van der Waals surface area contributed by atoms with Crippen LogP contribution in [0, 0.1) is 0 Å². The number of amides is 1. The van der Waals surface area contributed by atoms with Gasteiger partial charge in [-0.1, -0.05) is 69.3 Å². The van der Waals surface area contributed by atoms with E-state index in [1.165, 1.54) is 16.7 Å². The number of carbonyl (C=O) groups excluding carboxylic acids is 1. The first-order valence-corrected chi connectivity index (χ1v) is 13.3. The lowest BCUT2D eigenvalue weighted by Gasteiger charge is -2.23. The number of sulfonamides is 1. The molecular formula is C27H31N3O3S. The van der Waals surface area contributed by atoms with E-state index >= 15 is 0 Å². The Balaban J connectivity index is 1.56. The van der Waals surface area contributed by atoms with Crippen LogP contribution in [-0.4, -0.2) is 32.8 Å². The standard InChI is InChI=1S/C27H31N3O3S/c1-18(19-11-14-22(15-12-19)27(2,3)4)28-29-25(31)17-30(34(5,32)33)24-16-13-21-10-9-20-7-6-8-23(24)26(20)21/h6-8,11-16H,9-10,17H2,1-5H3,(H,29,31). The molecule has 7 heteroatoms. The summed E-state index contributed by atoms with van der Waals surface area (Å²) in [6.07, 6.45) is 3.01. The fourth-order valence-corrected chi connectivity index (χ4v) is 5.29. The molecule has 0 fully saturated rings. The van der Waals surface area contributed by atoms with E-state index in [0.29, 0.717) is 11.4 Å². The zero-order valence-electron chi connectivity index (χ0n) is 20.3. The highest BCUT2D eigenvalue weighted by Crippen LogP contribution is 2.37. The molecule has 1 aliphatic carbocycles. The van der Waals surface area contributed by atoms with E-state index in [1.807, 2.05) is 37.3 Å². The van der Waals surface area contributed by atoms with Gasteiger partial charge in [-0.05, 0) is 58.9 Å². The average molecular weight is 478 g/mol. The molecule has 178 valence electrons. The third-order valence-corrected chi connectivity index (χ3v) is 7.45. The van der Waals surface area contributed by atoms with Crippen LogP contribution < -0.4 is 9.73 Å². The Morgan fingerprint density at radius 1 is 1.00 bits per heavy atom. The number of carbonyl (C=O) groups is 1. The molecule has 0 saturated carbocycles. The van der Waals surface area contributed by atoms with Crippen molar-refractivity contribution in [3.63, 3.8) is 0 Å². The summed E-state index contributed by atoms with van der Waals surface area (Å²) < 4.78 is 26.5. The first-order valence-electron chi connectivity index (χ1n) is 11.4. The van der Waals surface area contributed by atoms with Crippen molar-refractivity contribution in [2.24, 2.45) is 5.10 Å². The minimum atomic E-state index is -3.70. The predicted octanol–water partition coefficient (Wildman–Crippen LogP) is 4.54. The molecule has 6 nitrogen and oxygen atoms in total. The number of hydrazone groups is 1. The van der Waals surface area contributed by atoms with Gasteiger partial charge in [-0.3, -0.25) is 9.10 Å². The lowest BCUT2D eigenvalue weighted by molar-refractivity contribution is -0.119. The molecule has 0 radical (unpaired) electrons. The molecule has 1 N–H and O–H groups in total. The highest BCUT2D eigenvalue weighted by Gasteiger charge is 2.25. The molecule has 0 unspecified atom stereocenters. The first kappa shape index (κ1) is 24.0. The van der Waals surface area contributed by atoms with Gasteiger partial charge in [0.1, 0.15) is 6.54 Å². The minimum absolute atomic E-state index is 0.0511. The summed E-state index contributed by atoms with van der Waals surface area (Å²) in [4.78, 5) is 12.8. The molecule has 4 rings (SSSR count). The van der Waals surface area contributed by atoms with Crippen LogP contribution in [0.3, 0.4) is 0 Å². The SMILES string of the molecule is CC(=NNC(=O)CN(c1ccc2c3c(cccc13)CC2)S(C)(=O)=O)c1ccc(C(C)(C)C)cc1. The number of benzene rings is 3. The van der Waals surface area contributed by atoms with Crippen LogP contribution in [0.2, 0.25) is 0 Å². The molecule has 0 heterocycles. The van der Waals surface area contributed by atoms with Gasteiger partial charge in [-0.2, -0.15) is 5.10 Å². The summed E-state index contributed by atoms with van der Waals surface area (Å²) in [6, 6.07) is 17.8. The Labute approximate surface area is 201 Å². The smallest absolute Gasteiger partial charge is 0.260 e. The molecule has 1 aliphatic rings. The largest absolute Gasteiger partial charge is 0.271 e. The van der Waals surface area contributed by atoms with Gasteiger partial charge >= 0.3 is 0 Å². The lowest BCUT2D eigenvalue weighted by atomic mass is 9.86. The Kier molecular flexibility index (Phi) is 6.25. The number of anilines is 1. The Hall–Kier alpha value is -3.19. The Bertz CT molecular complexity index is 1370. The van der Waals surface area contributed by atoms with Crippen molar-refractivity contribution in [2.45, 2.75) is 46.0 Å². The molecule has 1 amide bonds. The first-order chi connectivity index (χ1) is 15.9. The summed E-state index contributed by atoms with van der Waals surface area (Å²) >= 11 is 0. The average Bonchev–Trinajstić information content (AvgIpc) is 3.20. The maximum atomic E-state index is 12.8. The number of aryl methyl sites for hydroxylation is 2. The zero-order valence-corrected chi connectivity index (χ0v) is 21.2. The summed E-state index contributed by atoms with van der Waals surface area (Å²) in [7, 11) is -3.70. The van der Waals surface area contributed by atoms with Crippen molar-refractivity contribution >= 4 is 38.1 Å². The van der Waals surface area contributed by atoms with Crippen LogP contribution in [0.5, 0.6) is 0 Å². The second-order valence-electron chi connectivity index (χ2n) is 9.91. The van der Waals surface area contributed by atoms with Crippen LogP contribution in [0.15, 0.2) is 59.7 Å². The van der Waals surface area contributed by atoms with E-state index in [2.05, 4.69) is 49.5 Å². The molecule has 0 spiro atoms. The van der Waals surface area contributed by atoms with Crippen LogP contribution >= 0.6 is 0 Å². The third-order valence-electron chi connectivity index (χ3n) is 6.33. The number of rotatable bonds is 6. The van der Waals surface area contributed by atoms with E-state index in [-0.39, 0.29) is 12.0 Å². The van der Waals surface area contributed by atoms with E-state index in [0.717, 1.165) is 39.7 Å². The third kappa shape index (κ3) is 4.85. The second kappa shape index (κ2) is 8.87. The Morgan fingerprint density at radius 3 is 2.26 bits per heavy atom. The van der Waals surface area contributed by atoms with Crippen molar-refractivity contribution < 1.29 is 13.2 Å². The number of nitrogens with one attached hydrogen (secondary N) is 1. The van der Waals surface area contributed by atoms with Gasteiger partial charge in [0.2, 0.25) is 10.0 Å². The molecule has 0 atom stereocenters. The molecular weight excluding hydrogens is 446 g/mol. The highest BCUT2D eigenvalue weighted by molar-refractivity contribution is 7.92. The van der Waals surface area contributed by atoms with Crippen molar-refractivity contribution in [1.29, 1.82) is 0 Å².